The molecule has 0 aliphatic rings. The van der Waals surface area contributed by atoms with Crippen molar-refractivity contribution in [3.05, 3.63) is 35.9 Å². The van der Waals surface area contributed by atoms with E-state index in [1.54, 1.807) is 19.1 Å². The first-order valence-electron chi connectivity index (χ1n) is 5.77. The third kappa shape index (κ3) is 3.34. The summed E-state index contributed by atoms with van der Waals surface area (Å²) in [4.78, 5) is 10.9. The lowest BCUT2D eigenvalue weighted by Crippen LogP contribution is -2.26. The SMILES string of the molecule is C=Cc1cc(CC)ccc1OC(CC)C(=O)O. The summed E-state index contributed by atoms with van der Waals surface area (Å²) in [5, 5.41) is 8.95. The van der Waals surface area contributed by atoms with Crippen LogP contribution in [-0.4, -0.2) is 17.2 Å². The van der Waals surface area contributed by atoms with Crippen molar-refractivity contribution in [2.45, 2.75) is 32.8 Å². The van der Waals surface area contributed by atoms with Gasteiger partial charge in [0.1, 0.15) is 5.75 Å². The minimum absolute atomic E-state index is 0.432. The Bertz CT molecular complexity index is 410. The number of rotatable bonds is 6. The van der Waals surface area contributed by atoms with Gasteiger partial charge in [0.05, 0.1) is 0 Å². The second kappa shape index (κ2) is 6.09. The van der Waals surface area contributed by atoms with E-state index in [9.17, 15) is 4.79 Å². The summed E-state index contributed by atoms with van der Waals surface area (Å²) in [5.74, 6) is -0.367. The highest BCUT2D eigenvalue weighted by atomic mass is 16.5. The molecule has 1 atom stereocenters. The molecule has 1 N–H and O–H groups in total. The van der Waals surface area contributed by atoms with Crippen molar-refractivity contribution in [1.29, 1.82) is 0 Å². The van der Waals surface area contributed by atoms with Gasteiger partial charge in [-0.1, -0.05) is 32.6 Å². The molecule has 1 aromatic carbocycles. The fourth-order valence-corrected chi connectivity index (χ4v) is 1.55. The number of hydrogen-bond donors (Lipinski definition) is 1. The molecular formula is C14H18O3. The van der Waals surface area contributed by atoms with Crippen LogP contribution in [-0.2, 0) is 11.2 Å². The fraction of sp³-hybridized carbons (Fsp3) is 0.357. The maximum absolute atomic E-state index is 10.9. The molecule has 3 heteroatoms. The lowest BCUT2D eigenvalue weighted by Gasteiger charge is -2.15. The smallest absolute Gasteiger partial charge is 0.344 e. The average Bonchev–Trinajstić information content (AvgIpc) is 2.35. The van der Waals surface area contributed by atoms with Crippen molar-refractivity contribution in [1.82, 2.24) is 0 Å². The predicted molar refractivity (Wildman–Crippen MR) is 68.3 cm³/mol. The second-order valence-corrected chi connectivity index (χ2v) is 3.78. The molecule has 0 bridgehead atoms. The standard InChI is InChI=1S/C14H18O3/c1-4-10-7-8-13(11(5-2)9-10)17-12(6-3)14(15)16/h5,7-9,12H,2,4,6H2,1,3H3,(H,15,16). The molecule has 0 aliphatic heterocycles. The zero-order valence-corrected chi connectivity index (χ0v) is 10.3. The van der Waals surface area contributed by atoms with E-state index in [1.165, 1.54) is 5.56 Å². The van der Waals surface area contributed by atoms with Gasteiger partial charge in [0.25, 0.3) is 0 Å². The van der Waals surface area contributed by atoms with Gasteiger partial charge in [0, 0.05) is 5.56 Å². The minimum Gasteiger partial charge on any atom is -0.479 e. The summed E-state index contributed by atoms with van der Waals surface area (Å²) in [6.07, 6.45) is 2.24. The van der Waals surface area contributed by atoms with Crippen molar-refractivity contribution in [3.8, 4) is 5.75 Å². The predicted octanol–water partition coefficient (Wildman–Crippen LogP) is 3.13. The molecule has 0 heterocycles. The van der Waals surface area contributed by atoms with Crippen LogP contribution in [0.5, 0.6) is 5.75 Å². The summed E-state index contributed by atoms with van der Waals surface area (Å²) in [5.41, 5.74) is 2.01. The third-order valence-electron chi connectivity index (χ3n) is 2.62. The maximum atomic E-state index is 10.9. The van der Waals surface area contributed by atoms with Gasteiger partial charge >= 0.3 is 5.97 Å². The Morgan fingerprint density at radius 1 is 1.53 bits per heavy atom. The lowest BCUT2D eigenvalue weighted by atomic mass is 10.1. The Kier molecular flexibility index (Phi) is 4.76. The average molecular weight is 234 g/mol. The highest BCUT2D eigenvalue weighted by Crippen LogP contribution is 2.23. The molecule has 1 rings (SSSR count). The van der Waals surface area contributed by atoms with Crippen LogP contribution < -0.4 is 4.74 Å². The van der Waals surface area contributed by atoms with E-state index >= 15 is 0 Å². The first-order valence-corrected chi connectivity index (χ1v) is 5.77. The quantitative estimate of drug-likeness (QED) is 0.822. The lowest BCUT2D eigenvalue weighted by molar-refractivity contribution is -0.145. The number of aryl methyl sites for hydroxylation is 1. The molecule has 0 saturated carbocycles. The van der Waals surface area contributed by atoms with E-state index in [4.69, 9.17) is 9.84 Å². The van der Waals surface area contributed by atoms with Crippen molar-refractivity contribution in [2.75, 3.05) is 0 Å². The van der Waals surface area contributed by atoms with Crippen LogP contribution in [0.4, 0.5) is 0 Å². The molecular weight excluding hydrogens is 216 g/mol. The molecule has 0 amide bonds. The Morgan fingerprint density at radius 2 is 2.24 bits per heavy atom. The van der Waals surface area contributed by atoms with Gasteiger partial charge in [-0.3, -0.25) is 0 Å². The van der Waals surface area contributed by atoms with Crippen LogP contribution in [0.25, 0.3) is 6.08 Å². The van der Waals surface area contributed by atoms with Crippen LogP contribution in [0.3, 0.4) is 0 Å². The number of hydrogen-bond acceptors (Lipinski definition) is 2. The van der Waals surface area contributed by atoms with E-state index in [0.717, 1.165) is 12.0 Å². The summed E-state index contributed by atoms with van der Waals surface area (Å²) < 4.78 is 5.48. The topological polar surface area (TPSA) is 46.5 Å². The normalized spacial score (nSPS) is 11.9. The van der Waals surface area contributed by atoms with Crippen LogP contribution >= 0.6 is 0 Å². The Balaban J connectivity index is 2.97. The Hall–Kier alpha value is -1.77. The third-order valence-corrected chi connectivity index (χ3v) is 2.62. The fourth-order valence-electron chi connectivity index (χ4n) is 1.55. The number of carboxylic acid groups (broad SMARTS) is 1. The van der Waals surface area contributed by atoms with Crippen LogP contribution in [0.1, 0.15) is 31.4 Å². The van der Waals surface area contributed by atoms with Crippen molar-refractivity contribution >= 4 is 12.0 Å². The number of ether oxygens (including phenoxy) is 1. The molecule has 0 radical (unpaired) electrons. The monoisotopic (exact) mass is 234 g/mol. The second-order valence-electron chi connectivity index (χ2n) is 3.78. The molecule has 0 saturated heterocycles. The Morgan fingerprint density at radius 3 is 2.71 bits per heavy atom. The zero-order chi connectivity index (χ0) is 12.8. The minimum atomic E-state index is -0.943. The first kappa shape index (κ1) is 13.3. The van der Waals surface area contributed by atoms with Crippen molar-refractivity contribution in [3.63, 3.8) is 0 Å². The van der Waals surface area contributed by atoms with Crippen molar-refractivity contribution in [2.24, 2.45) is 0 Å². The largest absolute Gasteiger partial charge is 0.479 e. The Labute approximate surface area is 102 Å². The van der Waals surface area contributed by atoms with E-state index < -0.39 is 12.1 Å². The molecule has 0 aromatic heterocycles. The molecule has 0 spiro atoms. The molecule has 92 valence electrons. The summed E-state index contributed by atoms with van der Waals surface area (Å²) in [6.45, 7) is 7.57. The van der Waals surface area contributed by atoms with E-state index in [1.807, 2.05) is 12.1 Å². The van der Waals surface area contributed by atoms with E-state index in [-0.39, 0.29) is 0 Å². The number of aliphatic carboxylic acids is 1. The highest BCUT2D eigenvalue weighted by Gasteiger charge is 2.17. The molecule has 1 unspecified atom stereocenters. The number of benzene rings is 1. The van der Waals surface area contributed by atoms with Gasteiger partial charge in [-0.2, -0.15) is 0 Å². The summed E-state index contributed by atoms with van der Waals surface area (Å²) >= 11 is 0. The molecule has 17 heavy (non-hydrogen) atoms. The number of carboxylic acids is 1. The first-order chi connectivity index (χ1) is 8.12. The molecule has 3 nitrogen and oxygen atoms in total. The molecule has 1 aromatic rings. The van der Waals surface area contributed by atoms with Crippen LogP contribution in [0.2, 0.25) is 0 Å². The number of carbonyl (C=O) groups is 1. The molecule has 0 aliphatic carbocycles. The van der Waals surface area contributed by atoms with E-state index in [2.05, 4.69) is 13.5 Å². The van der Waals surface area contributed by atoms with Gasteiger partial charge in [0.2, 0.25) is 0 Å². The van der Waals surface area contributed by atoms with Crippen LogP contribution in [0.15, 0.2) is 24.8 Å². The van der Waals surface area contributed by atoms with Crippen molar-refractivity contribution < 1.29 is 14.6 Å². The van der Waals surface area contributed by atoms with E-state index in [0.29, 0.717) is 12.2 Å². The van der Waals surface area contributed by atoms with Gasteiger partial charge in [-0.25, -0.2) is 4.79 Å². The van der Waals surface area contributed by atoms with Gasteiger partial charge in [-0.05, 0) is 30.5 Å². The zero-order valence-electron chi connectivity index (χ0n) is 10.3. The highest BCUT2D eigenvalue weighted by molar-refractivity contribution is 5.73. The molecule has 0 fully saturated rings. The maximum Gasteiger partial charge on any atom is 0.344 e. The van der Waals surface area contributed by atoms with Gasteiger partial charge < -0.3 is 9.84 Å². The van der Waals surface area contributed by atoms with Crippen LogP contribution in [0, 0.1) is 0 Å². The van der Waals surface area contributed by atoms with Gasteiger partial charge in [0.15, 0.2) is 6.10 Å². The summed E-state index contributed by atoms with van der Waals surface area (Å²) in [7, 11) is 0. The van der Waals surface area contributed by atoms with Gasteiger partial charge in [-0.15, -0.1) is 0 Å². The summed E-state index contributed by atoms with van der Waals surface area (Å²) in [6, 6.07) is 5.72.